The average Bonchev–Trinajstić information content (AvgIpc) is 3.12. The van der Waals surface area contributed by atoms with Crippen LogP contribution in [-0.2, 0) is 0 Å². The molecule has 2 N–H and O–H groups in total. The van der Waals surface area contributed by atoms with Gasteiger partial charge in [-0.1, -0.05) is 23.2 Å². The van der Waals surface area contributed by atoms with Crippen LogP contribution in [0.25, 0.3) is 0 Å². The number of amides is 2. The molecule has 0 unspecified atom stereocenters. The quantitative estimate of drug-likeness (QED) is 0.875. The Labute approximate surface area is 151 Å². The standard InChI is InChI=1S/C19H19ClN2O3/c1-12-4-7-17(23)15(10-12)18(24)21-16-6-5-13(20)11-14(16)19(25)22-8-2-3-9-22/h4-7,10-11,23H,2-3,8-9H2,1H3,(H,21,24). The van der Waals surface area contributed by atoms with E-state index < -0.39 is 5.91 Å². The van der Waals surface area contributed by atoms with E-state index in [1.54, 1.807) is 35.2 Å². The van der Waals surface area contributed by atoms with E-state index in [-0.39, 0.29) is 17.2 Å². The molecule has 0 saturated carbocycles. The fourth-order valence-corrected chi connectivity index (χ4v) is 3.09. The van der Waals surface area contributed by atoms with Gasteiger partial charge in [-0.3, -0.25) is 9.59 Å². The predicted octanol–water partition coefficient (Wildman–Crippen LogP) is 3.84. The van der Waals surface area contributed by atoms with Gasteiger partial charge in [-0.05, 0) is 50.1 Å². The van der Waals surface area contributed by atoms with Crippen molar-refractivity contribution in [1.29, 1.82) is 0 Å². The molecule has 0 radical (unpaired) electrons. The van der Waals surface area contributed by atoms with Gasteiger partial charge in [0, 0.05) is 18.1 Å². The molecule has 25 heavy (non-hydrogen) atoms. The van der Waals surface area contributed by atoms with Crippen molar-refractivity contribution >= 4 is 29.1 Å². The van der Waals surface area contributed by atoms with Crippen molar-refractivity contribution in [3.05, 3.63) is 58.1 Å². The number of phenols is 1. The maximum atomic E-state index is 12.7. The SMILES string of the molecule is Cc1ccc(O)c(C(=O)Nc2ccc(Cl)cc2C(=O)N2CCCC2)c1. The molecule has 6 heteroatoms. The molecule has 2 aromatic carbocycles. The summed E-state index contributed by atoms with van der Waals surface area (Å²) in [5, 5.41) is 13.1. The minimum atomic E-state index is -0.473. The van der Waals surface area contributed by atoms with E-state index in [0.717, 1.165) is 18.4 Å². The number of aromatic hydroxyl groups is 1. The van der Waals surface area contributed by atoms with E-state index in [4.69, 9.17) is 11.6 Å². The highest BCUT2D eigenvalue weighted by Crippen LogP contribution is 2.26. The van der Waals surface area contributed by atoms with Crippen molar-refractivity contribution in [1.82, 2.24) is 4.90 Å². The smallest absolute Gasteiger partial charge is 0.259 e. The van der Waals surface area contributed by atoms with Gasteiger partial charge in [-0.15, -0.1) is 0 Å². The Bertz CT molecular complexity index is 829. The van der Waals surface area contributed by atoms with Crippen LogP contribution in [-0.4, -0.2) is 34.9 Å². The molecule has 0 atom stereocenters. The number of likely N-dealkylation sites (tertiary alicyclic amines) is 1. The van der Waals surface area contributed by atoms with E-state index in [2.05, 4.69) is 5.32 Å². The average molecular weight is 359 g/mol. The predicted molar refractivity (Wildman–Crippen MR) is 97.4 cm³/mol. The van der Waals surface area contributed by atoms with E-state index in [9.17, 15) is 14.7 Å². The van der Waals surface area contributed by atoms with Crippen LogP contribution in [0.1, 0.15) is 39.1 Å². The van der Waals surface area contributed by atoms with Gasteiger partial charge in [0.15, 0.2) is 0 Å². The van der Waals surface area contributed by atoms with Crippen LogP contribution in [0, 0.1) is 6.92 Å². The minimum Gasteiger partial charge on any atom is -0.507 e. The second kappa shape index (κ2) is 7.15. The number of nitrogens with one attached hydrogen (secondary N) is 1. The van der Waals surface area contributed by atoms with Crippen molar-refractivity contribution in [3.8, 4) is 5.75 Å². The molecule has 0 aromatic heterocycles. The topological polar surface area (TPSA) is 69.6 Å². The number of rotatable bonds is 3. The molecule has 130 valence electrons. The molecule has 3 rings (SSSR count). The highest BCUT2D eigenvalue weighted by atomic mass is 35.5. The number of phenolic OH excluding ortho intramolecular Hbond substituents is 1. The van der Waals surface area contributed by atoms with Crippen molar-refractivity contribution in [3.63, 3.8) is 0 Å². The molecule has 1 aliphatic heterocycles. The first-order valence-electron chi connectivity index (χ1n) is 8.15. The van der Waals surface area contributed by atoms with Gasteiger partial charge in [0.25, 0.3) is 11.8 Å². The molecule has 2 aromatic rings. The molecule has 1 saturated heterocycles. The summed E-state index contributed by atoms with van der Waals surface area (Å²) in [7, 11) is 0. The van der Waals surface area contributed by atoms with E-state index in [1.807, 2.05) is 6.92 Å². The van der Waals surface area contributed by atoms with Crippen molar-refractivity contribution in [2.24, 2.45) is 0 Å². The second-order valence-corrected chi connectivity index (χ2v) is 6.60. The van der Waals surface area contributed by atoms with Crippen molar-refractivity contribution in [2.45, 2.75) is 19.8 Å². The maximum absolute atomic E-state index is 12.7. The lowest BCUT2D eigenvalue weighted by atomic mass is 10.1. The normalized spacial score (nSPS) is 13.8. The summed E-state index contributed by atoms with van der Waals surface area (Å²) >= 11 is 6.04. The summed E-state index contributed by atoms with van der Waals surface area (Å²) in [5.74, 6) is -0.729. The number of anilines is 1. The van der Waals surface area contributed by atoms with Gasteiger partial charge in [-0.25, -0.2) is 0 Å². The number of benzene rings is 2. The Kier molecular flexibility index (Phi) is 4.95. The molecule has 0 aliphatic carbocycles. The molecular weight excluding hydrogens is 340 g/mol. The molecular formula is C19H19ClN2O3. The zero-order valence-electron chi connectivity index (χ0n) is 13.9. The first-order chi connectivity index (χ1) is 12.0. The Morgan fingerprint density at radius 2 is 1.80 bits per heavy atom. The van der Waals surface area contributed by atoms with Gasteiger partial charge in [0.2, 0.25) is 0 Å². The number of aryl methyl sites for hydroxylation is 1. The van der Waals surface area contributed by atoms with Gasteiger partial charge in [0.05, 0.1) is 16.8 Å². The van der Waals surface area contributed by atoms with Crippen LogP contribution in [0.2, 0.25) is 5.02 Å². The second-order valence-electron chi connectivity index (χ2n) is 6.16. The summed E-state index contributed by atoms with van der Waals surface area (Å²) in [6.07, 6.45) is 1.95. The van der Waals surface area contributed by atoms with Crippen molar-refractivity contribution in [2.75, 3.05) is 18.4 Å². The van der Waals surface area contributed by atoms with Gasteiger partial charge in [0.1, 0.15) is 5.75 Å². The summed E-state index contributed by atoms with van der Waals surface area (Å²) < 4.78 is 0. The van der Waals surface area contributed by atoms with Crippen LogP contribution in [0.4, 0.5) is 5.69 Å². The van der Waals surface area contributed by atoms with E-state index >= 15 is 0 Å². The first kappa shape index (κ1) is 17.3. The zero-order chi connectivity index (χ0) is 18.0. The molecule has 0 spiro atoms. The number of halogens is 1. The molecule has 2 amide bonds. The Balaban J connectivity index is 1.90. The number of hydrogen-bond donors (Lipinski definition) is 2. The third-order valence-electron chi connectivity index (χ3n) is 4.25. The number of hydrogen-bond acceptors (Lipinski definition) is 3. The Morgan fingerprint density at radius 3 is 2.52 bits per heavy atom. The first-order valence-corrected chi connectivity index (χ1v) is 8.53. The lowest BCUT2D eigenvalue weighted by Crippen LogP contribution is -2.29. The number of carbonyl (C=O) groups is 2. The fraction of sp³-hybridized carbons (Fsp3) is 0.263. The van der Waals surface area contributed by atoms with Crippen LogP contribution < -0.4 is 5.32 Å². The van der Waals surface area contributed by atoms with E-state index in [1.165, 1.54) is 6.07 Å². The van der Waals surface area contributed by atoms with Crippen LogP contribution >= 0.6 is 11.6 Å². The zero-order valence-corrected chi connectivity index (χ0v) is 14.6. The largest absolute Gasteiger partial charge is 0.507 e. The maximum Gasteiger partial charge on any atom is 0.259 e. The lowest BCUT2D eigenvalue weighted by molar-refractivity contribution is 0.0794. The number of carbonyl (C=O) groups excluding carboxylic acids is 2. The molecule has 1 aliphatic rings. The highest BCUT2D eigenvalue weighted by Gasteiger charge is 2.23. The summed E-state index contributed by atoms with van der Waals surface area (Å²) in [6.45, 7) is 3.25. The minimum absolute atomic E-state index is 0.107. The van der Waals surface area contributed by atoms with Gasteiger partial charge in [-0.2, -0.15) is 0 Å². The summed E-state index contributed by atoms with van der Waals surface area (Å²) in [4.78, 5) is 27.0. The van der Waals surface area contributed by atoms with E-state index in [0.29, 0.717) is 29.4 Å². The highest BCUT2D eigenvalue weighted by molar-refractivity contribution is 6.31. The van der Waals surface area contributed by atoms with Crippen LogP contribution in [0.3, 0.4) is 0 Å². The molecule has 1 fully saturated rings. The molecule has 1 heterocycles. The third-order valence-corrected chi connectivity index (χ3v) is 4.49. The van der Waals surface area contributed by atoms with Crippen LogP contribution in [0.15, 0.2) is 36.4 Å². The van der Waals surface area contributed by atoms with Crippen LogP contribution in [0.5, 0.6) is 5.75 Å². The summed E-state index contributed by atoms with van der Waals surface area (Å²) in [5.41, 5.74) is 1.75. The number of nitrogens with zero attached hydrogens (tertiary/aromatic N) is 1. The van der Waals surface area contributed by atoms with Gasteiger partial charge >= 0.3 is 0 Å². The molecule has 5 nitrogen and oxygen atoms in total. The molecule has 0 bridgehead atoms. The van der Waals surface area contributed by atoms with Crippen molar-refractivity contribution < 1.29 is 14.7 Å². The Morgan fingerprint density at radius 1 is 1.08 bits per heavy atom. The van der Waals surface area contributed by atoms with Gasteiger partial charge < -0.3 is 15.3 Å². The summed E-state index contributed by atoms with van der Waals surface area (Å²) in [6, 6.07) is 9.58. The fourth-order valence-electron chi connectivity index (χ4n) is 2.91. The Hall–Kier alpha value is -2.53. The third kappa shape index (κ3) is 3.77. The lowest BCUT2D eigenvalue weighted by Gasteiger charge is -2.18. The monoisotopic (exact) mass is 358 g/mol.